The molecule has 3 heteroatoms. The third kappa shape index (κ3) is 10.1. The molecule has 2 atom stereocenters. The van der Waals surface area contributed by atoms with E-state index >= 15 is 0 Å². The molecule has 15 heavy (non-hydrogen) atoms. The zero-order valence-electron chi connectivity index (χ0n) is 10.2. The van der Waals surface area contributed by atoms with Crippen molar-refractivity contribution in [3.8, 4) is 0 Å². The third-order valence-corrected chi connectivity index (χ3v) is 2.60. The van der Waals surface area contributed by atoms with Gasteiger partial charge < -0.3 is 0 Å². The Morgan fingerprint density at radius 3 is 1.80 bits per heavy atom. The average Bonchev–Trinajstić information content (AvgIpc) is 1.97. The van der Waals surface area contributed by atoms with Gasteiger partial charge in [-0.25, -0.2) is 0 Å². The van der Waals surface area contributed by atoms with Crippen molar-refractivity contribution in [3.05, 3.63) is 0 Å². The Balaban J connectivity index is 3.69. The van der Waals surface area contributed by atoms with Crippen LogP contribution in [0.25, 0.3) is 0 Å². The summed E-state index contributed by atoms with van der Waals surface area (Å²) in [5.74, 6) is 1.35. The molecule has 0 aliphatic heterocycles. The van der Waals surface area contributed by atoms with Crippen molar-refractivity contribution in [1.82, 2.24) is 0 Å². The standard InChI is InChI=1S/C12H23F3/c1-9(2)7-11(4)8-10(3)5-6-12(13,14)15/h9-11H,5-8H2,1-4H3/t10-,11?/m1/s1. The summed E-state index contributed by atoms with van der Waals surface area (Å²) in [4.78, 5) is 0. The van der Waals surface area contributed by atoms with E-state index in [-0.39, 0.29) is 12.3 Å². The molecule has 0 fully saturated rings. The van der Waals surface area contributed by atoms with E-state index in [9.17, 15) is 13.2 Å². The van der Waals surface area contributed by atoms with E-state index in [4.69, 9.17) is 0 Å². The first-order valence-electron chi connectivity index (χ1n) is 5.77. The molecule has 1 unspecified atom stereocenters. The molecule has 0 amide bonds. The molecule has 0 aromatic heterocycles. The molecule has 0 spiro atoms. The smallest absolute Gasteiger partial charge is 0.171 e. The molecule has 0 saturated carbocycles. The number of rotatable bonds is 6. The van der Waals surface area contributed by atoms with Crippen LogP contribution in [0, 0.1) is 17.8 Å². The quantitative estimate of drug-likeness (QED) is 0.593. The maximum absolute atomic E-state index is 12.0. The lowest BCUT2D eigenvalue weighted by atomic mass is 9.88. The summed E-state index contributed by atoms with van der Waals surface area (Å²) < 4.78 is 35.9. The second-order valence-corrected chi connectivity index (χ2v) is 5.23. The van der Waals surface area contributed by atoms with Gasteiger partial charge >= 0.3 is 6.18 Å². The number of alkyl halides is 3. The predicted molar refractivity (Wildman–Crippen MR) is 57.7 cm³/mol. The first kappa shape index (κ1) is 14.8. The average molecular weight is 224 g/mol. The van der Waals surface area contributed by atoms with E-state index in [0.29, 0.717) is 11.8 Å². The van der Waals surface area contributed by atoms with Crippen LogP contribution in [-0.4, -0.2) is 6.18 Å². The maximum Gasteiger partial charge on any atom is 0.389 e. The van der Waals surface area contributed by atoms with Crippen molar-refractivity contribution in [3.63, 3.8) is 0 Å². The molecule has 0 heterocycles. The number of hydrogen-bond donors (Lipinski definition) is 0. The lowest BCUT2D eigenvalue weighted by Gasteiger charge is -2.19. The topological polar surface area (TPSA) is 0 Å². The summed E-state index contributed by atoms with van der Waals surface area (Å²) >= 11 is 0. The highest BCUT2D eigenvalue weighted by Gasteiger charge is 2.27. The summed E-state index contributed by atoms with van der Waals surface area (Å²) in [6.07, 6.45) is -2.34. The SMILES string of the molecule is CC(C)CC(C)C[C@H](C)CCC(F)(F)F. The Kier molecular flexibility index (Phi) is 6.30. The van der Waals surface area contributed by atoms with Gasteiger partial charge in [0.25, 0.3) is 0 Å². The van der Waals surface area contributed by atoms with Crippen molar-refractivity contribution in [2.24, 2.45) is 17.8 Å². The van der Waals surface area contributed by atoms with E-state index < -0.39 is 12.6 Å². The van der Waals surface area contributed by atoms with E-state index in [1.165, 1.54) is 0 Å². The second kappa shape index (κ2) is 6.39. The Labute approximate surface area is 91.3 Å². The molecule has 0 aromatic rings. The Bertz CT molecular complexity index is 161. The van der Waals surface area contributed by atoms with Crippen LogP contribution in [0.2, 0.25) is 0 Å². The first-order chi connectivity index (χ1) is 6.70. The van der Waals surface area contributed by atoms with Crippen LogP contribution in [-0.2, 0) is 0 Å². The molecule has 0 rings (SSSR count). The van der Waals surface area contributed by atoms with E-state index in [2.05, 4.69) is 20.8 Å². The summed E-state index contributed by atoms with van der Waals surface area (Å²) in [5, 5.41) is 0. The lowest BCUT2D eigenvalue weighted by molar-refractivity contribution is -0.137. The van der Waals surface area contributed by atoms with Gasteiger partial charge in [0.05, 0.1) is 0 Å². The van der Waals surface area contributed by atoms with Gasteiger partial charge in [0.15, 0.2) is 0 Å². The van der Waals surface area contributed by atoms with Gasteiger partial charge in [-0.05, 0) is 37.0 Å². The molecule has 0 aromatic carbocycles. The molecule has 0 nitrogen and oxygen atoms in total. The monoisotopic (exact) mass is 224 g/mol. The van der Waals surface area contributed by atoms with Crippen LogP contribution in [0.4, 0.5) is 13.2 Å². The highest BCUT2D eigenvalue weighted by molar-refractivity contribution is 4.63. The first-order valence-corrected chi connectivity index (χ1v) is 5.77. The van der Waals surface area contributed by atoms with Crippen LogP contribution >= 0.6 is 0 Å². The molecular weight excluding hydrogens is 201 g/mol. The minimum atomic E-state index is -3.99. The van der Waals surface area contributed by atoms with Crippen LogP contribution in [0.1, 0.15) is 53.4 Å². The maximum atomic E-state index is 12.0. The van der Waals surface area contributed by atoms with Crippen molar-refractivity contribution < 1.29 is 13.2 Å². The van der Waals surface area contributed by atoms with Crippen LogP contribution in [0.15, 0.2) is 0 Å². The fourth-order valence-corrected chi connectivity index (χ4v) is 2.12. The Hall–Kier alpha value is -0.210. The zero-order valence-corrected chi connectivity index (χ0v) is 10.2. The van der Waals surface area contributed by atoms with Gasteiger partial charge in [-0.1, -0.05) is 27.7 Å². The minimum absolute atomic E-state index is 0.181. The van der Waals surface area contributed by atoms with Crippen molar-refractivity contribution in [2.45, 2.75) is 59.6 Å². The second-order valence-electron chi connectivity index (χ2n) is 5.23. The fourth-order valence-electron chi connectivity index (χ4n) is 2.12. The zero-order chi connectivity index (χ0) is 12.1. The Morgan fingerprint density at radius 2 is 1.40 bits per heavy atom. The molecule has 0 radical (unpaired) electrons. The van der Waals surface area contributed by atoms with Gasteiger partial charge in [-0.15, -0.1) is 0 Å². The van der Waals surface area contributed by atoms with Gasteiger partial charge in [0.2, 0.25) is 0 Å². The molecule has 0 bridgehead atoms. The molecule has 0 saturated heterocycles. The Morgan fingerprint density at radius 1 is 0.867 bits per heavy atom. The lowest BCUT2D eigenvalue weighted by Crippen LogP contribution is -2.12. The summed E-state index contributed by atoms with van der Waals surface area (Å²) in [6, 6.07) is 0. The van der Waals surface area contributed by atoms with Crippen LogP contribution in [0.3, 0.4) is 0 Å². The third-order valence-electron chi connectivity index (χ3n) is 2.60. The fraction of sp³-hybridized carbons (Fsp3) is 1.00. The predicted octanol–water partition coefficient (Wildman–Crippen LogP) is 5.04. The van der Waals surface area contributed by atoms with Crippen molar-refractivity contribution in [1.29, 1.82) is 0 Å². The number of halogens is 3. The highest BCUT2D eigenvalue weighted by Crippen LogP contribution is 2.28. The summed E-state index contributed by atoms with van der Waals surface area (Å²) in [5.41, 5.74) is 0. The van der Waals surface area contributed by atoms with E-state index in [1.54, 1.807) is 0 Å². The molecule has 0 aliphatic carbocycles. The van der Waals surface area contributed by atoms with Crippen molar-refractivity contribution in [2.75, 3.05) is 0 Å². The molecule has 92 valence electrons. The highest BCUT2D eigenvalue weighted by atomic mass is 19.4. The van der Waals surface area contributed by atoms with Gasteiger partial charge in [0.1, 0.15) is 0 Å². The molecular formula is C12H23F3. The van der Waals surface area contributed by atoms with Gasteiger partial charge in [-0.3, -0.25) is 0 Å². The molecule has 0 N–H and O–H groups in total. The van der Waals surface area contributed by atoms with Gasteiger partial charge in [0, 0.05) is 6.42 Å². The van der Waals surface area contributed by atoms with Gasteiger partial charge in [-0.2, -0.15) is 13.2 Å². The summed E-state index contributed by atoms with van der Waals surface area (Å²) in [7, 11) is 0. The largest absolute Gasteiger partial charge is 0.389 e. The van der Waals surface area contributed by atoms with E-state index in [1.807, 2.05) is 6.92 Å². The van der Waals surface area contributed by atoms with Crippen LogP contribution < -0.4 is 0 Å². The molecule has 0 aliphatic rings. The number of hydrogen-bond acceptors (Lipinski definition) is 0. The normalized spacial score (nSPS) is 16.8. The van der Waals surface area contributed by atoms with Crippen molar-refractivity contribution >= 4 is 0 Å². The summed E-state index contributed by atoms with van der Waals surface area (Å²) in [6.45, 7) is 8.35. The van der Waals surface area contributed by atoms with Crippen LogP contribution in [0.5, 0.6) is 0 Å². The minimum Gasteiger partial charge on any atom is -0.171 e. The van der Waals surface area contributed by atoms with E-state index in [0.717, 1.165) is 12.8 Å².